The van der Waals surface area contributed by atoms with Gasteiger partial charge in [-0.3, -0.25) is 4.79 Å². The van der Waals surface area contributed by atoms with E-state index in [4.69, 9.17) is 9.16 Å². The quantitative estimate of drug-likeness (QED) is 0.551. The van der Waals surface area contributed by atoms with Crippen LogP contribution in [0.1, 0.15) is 27.7 Å². The summed E-state index contributed by atoms with van der Waals surface area (Å²) < 4.78 is 11.5. The average Bonchev–Trinajstić information content (AvgIpc) is 2.84. The lowest BCUT2D eigenvalue weighted by Gasteiger charge is -2.39. The van der Waals surface area contributed by atoms with Crippen molar-refractivity contribution in [1.29, 1.82) is 0 Å². The fourth-order valence-electron chi connectivity index (χ4n) is 2.01. The Labute approximate surface area is 98.6 Å². The molecular weight excluding hydrogens is 220 g/mol. The van der Waals surface area contributed by atoms with Crippen LogP contribution in [0.25, 0.3) is 0 Å². The summed E-state index contributed by atoms with van der Waals surface area (Å²) in [6.45, 7) is 13.0. The largest absolute Gasteiger partial charge is 0.406 e. The molecule has 1 saturated carbocycles. The highest BCUT2D eigenvalue weighted by Crippen LogP contribution is 2.45. The standard InChI is InChI=1S/C12H22O3Si/c1-7-9(8(13)11-10(7)14-11)15-16(5,6)12(2,3)4/h7,9-11H,1-6H3/t7-,9-,10-,11+/m1/s1. The minimum absolute atomic E-state index is 0.141. The van der Waals surface area contributed by atoms with Crippen molar-refractivity contribution in [1.82, 2.24) is 0 Å². The number of carbonyl (C=O) groups excluding carboxylic acids is 1. The normalized spacial score (nSPS) is 38.8. The lowest BCUT2D eigenvalue weighted by molar-refractivity contribution is -0.129. The first-order valence-corrected chi connectivity index (χ1v) is 8.93. The van der Waals surface area contributed by atoms with Gasteiger partial charge >= 0.3 is 0 Å². The van der Waals surface area contributed by atoms with Crippen LogP contribution in [0, 0.1) is 5.92 Å². The van der Waals surface area contributed by atoms with E-state index in [2.05, 4.69) is 40.8 Å². The maximum absolute atomic E-state index is 11.9. The van der Waals surface area contributed by atoms with Crippen molar-refractivity contribution in [2.45, 2.75) is 64.1 Å². The molecule has 0 aromatic heterocycles. The summed E-state index contributed by atoms with van der Waals surface area (Å²) in [5, 5.41) is 0.153. The second-order valence-corrected chi connectivity index (χ2v) is 11.3. The van der Waals surface area contributed by atoms with Gasteiger partial charge in [0.25, 0.3) is 0 Å². The van der Waals surface area contributed by atoms with Crippen molar-refractivity contribution in [3.63, 3.8) is 0 Å². The van der Waals surface area contributed by atoms with Crippen LogP contribution < -0.4 is 0 Å². The third kappa shape index (κ3) is 1.77. The molecule has 2 aliphatic rings. The van der Waals surface area contributed by atoms with Crippen LogP contribution in [-0.4, -0.2) is 32.4 Å². The summed E-state index contributed by atoms with van der Waals surface area (Å²) in [7, 11) is -1.84. The molecule has 1 aliphatic heterocycles. The molecule has 0 amide bonds. The average molecular weight is 242 g/mol. The van der Waals surface area contributed by atoms with Gasteiger partial charge in [0.2, 0.25) is 0 Å². The van der Waals surface area contributed by atoms with Crippen LogP contribution >= 0.6 is 0 Å². The zero-order valence-corrected chi connectivity index (χ0v) is 12.0. The van der Waals surface area contributed by atoms with Gasteiger partial charge in [0, 0.05) is 5.92 Å². The Morgan fingerprint density at radius 2 is 1.88 bits per heavy atom. The number of hydrogen-bond acceptors (Lipinski definition) is 3. The number of fused-ring (bicyclic) bond motifs is 1. The van der Waals surface area contributed by atoms with Crippen LogP contribution in [0.3, 0.4) is 0 Å². The molecule has 92 valence electrons. The highest BCUT2D eigenvalue weighted by molar-refractivity contribution is 6.74. The minimum atomic E-state index is -1.84. The molecule has 0 aromatic rings. The summed E-state index contributed by atoms with van der Waals surface area (Å²) in [5.41, 5.74) is 0. The molecule has 0 spiro atoms. The maximum Gasteiger partial charge on any atom is 0.193 e. The third-order valence-electron chi connectivity index (χ3n) is 4.31. The fraction of sp³-hybridized carbons (Fsp3) is 0.917. The van der Waals surface area contributed by atoms with Crippen molar-refractivity contribution in [3.05, 3.63) is 0 Å². The van der Waals surface area contributed by atoms with E-state index in [1.165, 1.54) is 0 Å². The molecule has 0 N–H and O–H groups in total. The molecule has 3 nitrogen and oxygen atoms in total. The van der Waals surface area contributed by atoms with E-state index in [9.17, 15) is 4.79 Å². The Balaban J connectivity index is 2.08. The monoisotopic (exact) mass is 242 g/mol. The van der Waals surface area contributed by atoms with E-state index in [0.29, 0.717) is 0 Å². The number of ether oxygens (including phenoxy) is 1. The SMILES string of the molecule is C[C@H]1[C@H]2O[C@H]2C(=O)[C@@H]1O[Si](C)(C)C(C)(C)C. The number of Topliss-reactive ketones (excluding diaryl/α,β-unsaturated/α-hetero) is 1. The highest BCUT2D eigenvalue weighted by Gasteiger charge is 2.62. The summed E-state index contributed by atoms with van der Waals surface area (Å²) in [4.78, 5) is 11.9. The van der Waals surface area contributed by atoms with Crippen LogP contribution in [0.5, 0.6) is 0 Å². The Kier molecular flexibility index (Phi) is 2.61. The first kappa shape index (κ1) is 12.3. The van der Waals surface area contributed by atoms with E-state index in [1.54, 1.807) is 0 Å². The molecular formula is C12H22O3Si. The van der Waals surface area contributed by atoms with Gasteiger partial charge in [-0.2, -0.15) is 0 Å². The topological polar surface area (TPSA) is 38.8 Å². The first-order valence-electron chi connectivity index (χ1n) is 6.02. The molecule has 1 saturated heterocycles. The van der Waals surface area contributed by atoms with E-state index >= 15 is 0 Å². The summed E-state index contributed by atoms with van der Waals surface area (Å²) >= 11 is 0. The minimum Gasteiger partial charge on any atom is -0.406 e. The molecule has 16 heavy (non-hydrogen) atoms. The lowest BCUT2D eigenvalue weighted by Crippen LogP contribution is -2.47. The van der Waals surface area contributed by atoms with E-state index in [0.717, 1.165) is 0 Å². The first-order chi connectivity index (χ1) is 7.15. The van der Waals surface area contributed by atoms with E-state index in [-0.39, 0.29) is 35.1 Å². The van der Waals surface area contributed by atoms with Gasteiger partial charge in [0.15, 0.2) is 14.1 Å². The highest BCUT2D eigenvalue weighted by atomic mass is 28.4. The van der Waals surface area contributed by atoms with Gasteiger partial charge < -0.3 is 9.16 Å². The lowest BCUT2D eigenvalue weighted by atomic mass is 10.1. The molecule has 1 heterocycles. The van der Waals surface area contributed by atoms with E-state index < -0.39 is 8.32 Å². The predicted molar refractivity (Wildman–Crippen MR) is 64.9 cm³/mol. The van der Waals surface area contributed by atoms with Crippen molar-refractivity contribution in [2.75, 3.05) is 0 Å². The van der Waals surface area contributed by atoms with Crippen molar-refractivity contribution >= 4 is 14.1 Å². The predicted octanol–water partition coefficient (Wildman–Crippen LogP) is 2.36. The van der Waals surface area contributed by atoms with Crippen LogP contribution in [-0.2, 0) is 14.0 Å². The number of carbonyl (C=O) groups is 1. The Bertz CT molecular complexity index is 319. The number of hydrogen-bond donors (Lipinski definition) is 0. The van der Waals surface area contributed by atoms with Gasteiger partial charge in [-0.25, -0.2) is 0 Å². The molecule has 4 atom stereocenters. The van der Waals surface area contributed by atoms with Gasteiger partial charge in [-0.05, 0) is 18.1 Å². The Morgan fingerprint density at radius 3 is 2.25 bits per heavy atom. The second-order valence-electron chi connectivity index (χ2n) is 6.58. The smallest absolute Gasteiger partial charge is 0.193 e. The fourth-order valence-corrected chi connectivity index (χ4v) is 3.32. The van der Waals surface area contributed by atoms with Gasteiger partial charge in [0.05, 0.1) is 6.10 Å². The van der Waals surface area contributed by atoms with Gasteiger partial charge in [-0.15, -0.1) is 0 Å². The Morgan fingerprint density at radius 1 is 1.31 bits per heavy atom. The zero-order valence-electron chi connectivity index (χ0n) is 11.0. The summed E-state index contributed by atoms with van der Waals surface area (Å²) in [5.74, 6) is 0.397. The van der Waals surface area contributed by atoms with Crippen molar-refractivity contribution < 1.29 is 14.0 Å². The van der Waals surface area contributed by atoms with Gasteiger partial charge in [0.1, 0.15) is 12.2 Å². The van der Waals surface area contributed by atoms with Crippen LogP contribution in [0.2, 0.25) is 18.1 Å². The molecule has 0 aromatic carbocycles. The summed E-state index contributed by atoms with van der Waals surface area (Å²) in [6.07, 6.45) is -0.225. The number of rotatable bonds is 2. The summed E-state index contributed by atoms with van der Waals surface area (Å²) in [6, 6.07) is 0. The molecule has 0 unspecified atom stereocenters. The second kappa shape index (κ2) is 3.40. The van der Waals surface area contributed by atoms with Crippen molar-refractivity contribution in [3.8, 4) is 0 Å². The molecule has 0 bridgehead atoms. The van der Waals surface area contributed by atoms with Crippen LogP contribution in [0.4, 0.5) is 0 Å². The zero-order chi connectivity index (χ0) is 12.3. The van der Waals surface area contributed by atoms with Gasteiger partial charge in [-0.1, -0.05) is 27.7 Å². The molecule has 0 radical (unpaired) electrons. The number of ketones is 1. The number of epoxide rings is 1. The molecule has 2 rings (SSSR count). The molecule has 4 heteroatoms. The van der Waals surface area contributed by atoms with Crippen LogP contribution in [0.15, 0.2) is 0 Å². The van der Waals surface area contributed by atoms with E-state index in [1.807, 2.05) is 0 Å². The van der Waals surface area contributed by atoms with Crippen molar-refractivity contribution in [2.24, 2.45) is 5.92 Å². The molecule has 2 fully saturated rings. The molecule has 1 aliphatic carbocycles. The maximum atomic E-state index is 11.9. The Hall–Kier alpha value is -0.193. The third-order valence-corrected chi connectivity index (χ3v) is 8.77.